The van der Waals surface area contributed by atoms with E-state index in [0.717, 1.165) is 48.7 Å². The van der Waals surface area contributed by atoms with Crippen molar-refractivity contribution in [3.05, 3.63) is 39.3 Å². The predicted molar refractivity (Wildman–Crippen MR) is 103 cm³/mol. The summed E-state index contributed by atoms with van der Waals surface area (Å²) in [5.74, 6) is 0.195. The van der Waals surface area contributed by atoms with Crippen LogP contribution in [0, 0.1) is 5.92 Å². The summed E-state index contributed by atoms with van der Waals surface area (Å²) >= 11 is 1.65. The molecule has 1 atom stereocenters. The first-order valence-electron chi connectivity index (χ1n) is 9.52. The summed E-state index contributed by atoms with van der Waals surface area (Å²) < 4.78 is 6.96. The predicted octanol–water partition coefficient (Wildman–Crippen LogP) is 3.63. The third-order valence-electron chi connectivity index (χ3n) is 5.36. The lowest BCUT2D eigenvalue weighted by molar-refractivity contribution is -0.145. The maximum Gasteiger partial charge on any atom is 0.307 e. The Balaban J connectivity index is 1.41. The zero-order chi connectivity index (χ0) is 17.9. The largest absolute Gasteiger partial charge is 0.465 e. The molecule has 0 radical (unpaired) electrons. The summed E-state index contributed by atoms with van der Waals surface area (Å²) in [6, 6.07) is 0. The van der Waals surface area contributed by atoms with E-state index in [1.165, 1.54) is 16.9 Å². The number of allylic oxidation sites excluding steroid dienone is 2. The van der Waals surface area contributed by atoms with Gasteiger partial charge in [0.15, 0.2) is 0 Å². The summed E-state index contributed by atoms with van der Waals surface area (Å²) in [5.41, 5.74) is 1.18. The first-order valence-corrected chi connectivity index (χ1v) is 10.3. The lowest BCUT2D eigenvalue weighted by Crippen LogP contribution is -2.23. The van der Waals surface area contributed by atoms with Gasteiger partial charge in [-0.25, -0.2) is 4.98 Å². The zero-order valence-corrected chi connectivity index (χ0v) is 15.7. The van der Waals surface area contributed by atoms with Gasteiger partial charge in [0.1, 0.15) is 4.83 Å². The molecule has 0 bridgehead atoms. The highest BCUT2D eigenvalue weighted by Crippen LogP contribution is 2.33. The molecule has 2 heterocycles. The number of carbonyl (C=O) groups excluding carboxylic acids is 1. The quantitative estimate of drug-likeness (QED) is 0.594. The van der Waals surface area contributed by atoms with E-state index in [4.69, 9.17) is 4.74 Å². The van der Waals surface area contributed by atoms with Crippen LogP contribution < -0.4 is 5.56 Å². The number of aryl methyl sites for hydroxylation is 3. The molecule has 26 heavy (non-hydrogen) atoms. The van der Waals surface area contributed by atoms with Crippen LogP contribution in [0.3, 0.4) is 0 Å². The van der Waals surface area contributed by atoms with Crippen molar-refractivity contribution in [2.24, 2.45) is 5.92 Å². The van der Waals surface area contributed by atoms with E-state index in [-0.39, 0.29) is 17.9 Å². The topological polar surface area (TPSA) is 61.2 Å². The molecule has 0 spiro atoms. The van der Waals surface area contributed by atoms with E-state index in [9.17, 15) is 9.59 Å². The lowest BCUT2D eigenvalue weighted by Gasteiger charge is -2.17. The maximum atomic E-state index is 12.8. The Bertz CT molecular complexity index is 896. The van der Waals surface area contributed by atoms with Crippen LogP contribution in [0.1, 0.15) is 49.0 Å². The summed E-state index contributed by atoms with van der Waals surface area (Å²) in [5, 5.41) is 0.773. The molecule has 0 aromatic carbocycles. The fourth-order valence-corrected chi connectivity index (χ4v) is 5.06. The van der Waals surface area contributed by atoms with Crippen LogP contribution in [-0.2, 0) is 28.9 Å². The van der Waals surface area contributed by atoms with Crippen LogP contribution >= 0.6 is 11.3 Å². The summed E-state index contributed by atoms with van der Waals surface area (Å²) in [6.45, 7) is 0.809. The lowest BCUT2D eigenvalue weighted by atomic mass is 9.95. The summed E-state index contributed by atoms with van der Waals surface area (Å²) in [4.78, 5) is 31.5. The molecule has 6 heteroatoms. The van der Waals surface area contributed by atoms with Crippen LogP contribution in [0.2, 0.25) is 0 Å². The highest BCUT2D eigenvalue weighted by molar-refractivity contribution is 7.18. The molecule has 0 amide bonds. The minimum atomic E-state index is -0.237. The Morgan fingerprint density at radius 2 is 2.19 bits per heavy atom. The van der Waals surface area contributed by atoms with E-state index in [2.05, 4.69) is 17.1 Å². The fraction of sp³-hybridized carbons (Fsp3) is 0.550. The molecule has 2 aromatic rings. The smallest absolute Gasteiger partial charge is 0.307 e. The van der Waals surface area contributed by atoms with E-state index < -0.39 is 0 Å². The standard InChI is InChI=1S/C20H24N2O3S/c23-17(25-12-14-6-2-1-3-7-14)10-11-22-13-21-19-18(20(22)24)15-8-4-5-9-16(15)26-19/h1-2,13-14H,3-12H2. The van der Waals surface area contributed by atoms with Crippen LogP contribution in [0.25, 0.3) is 10.2 Å². The number of hydrogen-bond donors (Lipinski definition) is 0. The third kappa shape index (κ3) is 3.61. The van der Waals surface area contributed by atoms with Gasteiger partial charge in [0.05, 0.1) is 24.7 Å². The second-order valence-electron chi connectivity index (χ2n) is 7.22. The second kappa shape index (κ2) is 7.74. The van der Waals surface area contributed by atoms with Crippen molar-refractivity contribution < 1.29 is 9.53 Å². The zero-order valence-electron chi connectivity index (χ0n) is 14.9. The molecule has 4 rings (SSSR count). The molecule has 5 nitrogen and oxygen atoms in total. The Morgan fingerprint density at radius 1 is 1.31 bits per heavy atom. The van der Waals surface area contributed by atoms with Crippen molar-refractivity contribution in [1.82, 2.24) is 9.55 Å². The molecule has 2 aliphatic carbocycles. The Morgan fingerprint density at radius 3 is 3.04 bits per heavy atom. The SMILES string of the molecule is O=C(CCn1cnc2sc3c(c2c1=O)CCCC3)OCC1CC=CCC1. The molecule has 2 aliphatic rings. The van der Waals surface area contributed by atoms with Crippen LogP contribution in [0.4, 0.5) is 0 Å². The van der Waals surface area contributed by atoms with Crippen molar-refractivity contribution in [2.45, 2.75) is 57.9 Å². The number of rotatable bonds is 5. The number of carbonyl (C=O) groups is 1. The molecular formula is C20H24N2O3S. The van der Waals surface area contributed by atoms with Gasteiger partial charge in [-0.3, -0.25) is 14.2 Å². The first kappa shape index (κ1) is 17.5. The Kier molecular flexibility index (Phi) is 5.20. The van der Waals surface area contributed by atoms with Gasteiger partial charge in [0.25, 0.3) is 5.56 Å². The van der Waals surface area contributed by atoms with Gasteiger partial charge in [-0.1, -0.05) is 12.2 Å². The van der Waals surface area contributed by atoms with E-state index in [1.807, 2.05) is 0 Å². The van der Waals surface area contributed by atoms with Crippen molar-refractivity contribution in [2.75, 3.05) is 6.61 Å². The highest BCUT2D eigenvalue weighted by Gasteiger charge is 2.20. The van der Waals surface area contributed by atoms with Crippen molar-refractivity contribution >= 4 is 27.5 Å². The summed E-state index contributed by atoms with van der Waals surface area (Å²) in [7, 11) is 0. The number of aromatic nitrogens is 2. The second-order valence-corrected chi connectivity index (χ2v) is 8.30. The number of nitrogens with zero attached hydrogens (tertiary/aromatic N) is 2. The van der Waals surface area contributed by atoms with Crippen molar-refractivity contribution in [3.63, 3.8) is 0 Å². The van der Waals surface area contributed by atoms with Gasteiger partial charge < -0.3 is 4.74 Å². The molecule has 2 aromatic heterocycles. The van der Waals surface area contributed by atoms with Gasteiger partial charge >= 0.3 is 5.97 Å². The molecular weight excluding hydrogens is 348 g/mol. The fourth-order valence-electron chi connectivity index (χ4n) is 3.84. The molecule has 1 unspecified atom stereocenters. The van der Waals surface area contributed by atoms with Gasteiger partial charge in [0.2, 0.25) is 0 Å². The van der Waals surface area contributed by atoms with Crippen LogP contribution in [0.5, 0.6) is 0 Å². The minimum absolute atomic E-state index is 0.0142. The first-order chi connectivity index (χ1) is 12.7. The highest BCUT2D eigenvalue weighted by atomic mass is 32.1. The Labute approximate surface area is 156 Å². The monoisotopic (exact) mass is 372 g/mol. The van der Waals surface area contributed by atoms with Gasteiger partial charge in [-0.15, -0.1) is 11.3 Å². The third-order valence-corrected chi connectivity index (χ3v) is 6.56. The number of esters is 1. The average molecular weight is 372 g/mol. The van der Waals surface area contributed by atoms with Crippen molar-refractivity contribution in [3.8, 4) is 0 Å². The van der Waals surface area contributed by atoms with E-state index in [1.54, 1.807) is 22.2 Å². The van der Waals surface area contributed by atoms with Crippen LogP contribution in [0.15, 0.2) is 23.3 Å². The summed E-state index contributed by atoms with van der Waals surface area (Å²) in [6.07, 6.45) is 13.6. The van der Waals surface area contributed by atoms with E-state index >= 15 is 0 Å². The normalized spacial score (nSPS) is 19.5. The Hall–Kier alpha value is -1.95. The number of hydrogen-bond acceptors (Lipinski definition) is 5. The van der Waals surface area contributed by atoms with Gasteiger partial charge in [-0.05, 0) is 56.4 Å². The molecule has 0 fully saturated rings. The van der Waals surface area contributed by atoms with E-state index in [0.29, 0.717) is 19.1 Å². The average Bonchev–Trinajstić information content (AvgIpc) is 3.06. The molecule has 138 valence electrons. The van der Waals surface area contributed by atoms with Gasteiger partial charge in [0, 0.05) is 11.4 Å². The molecule has 0 N–H and O–H groups in total. The molecule has 0 saturated carbocycles. The van der Waals surface area contributed by atoms with Crippen LogP contribution in [-0.4, -0.2) is 22.1 Å². The number of thiophene rings is 1. The molecule has 0 saturated heterocycles. The number of fused-ring (bicyclic) bond motifs is 3. The number of ether oxygens (including phenoxy) is 1. The maximum absolute atomic E-state index is 12.8. The van der Waals surface area contributed by atoms with Crippen molar-refractivity contribution in [1.29, 1.82) is 0 Å². The molecule has 0 aliphatic heterocycles. The minimum Gasteiger partial charge on any atom is -0.465 e. The van der Waals surface area contributed by atoms with Gasteiger partial charge in [-0.2, -0.15) is 0 Å².